The van der Waals surface area contributed by atoms with Gasteiger partial charge in [0.15, 0.2) is 0 Å². The van der Waals surface area contributed by atoms with Gasteiger partial charge in [0.1, 0.15) is 24.7 Å². The molecule has 0 bridgehead atoms. The van der Waals surface area contributed by atoms with E-state index in [-0.39, 0.29) is 5.91 Å². The van der Waals surface area contributed by atoms with E-state index in [2.05, 4.69) is 24.1 Å². The second-order valence-corrected chi connectivity index (χ2v) is 8.15. The highest BCUT2D eigenvalue weighted by Crippen LogP contribution is 2.19. The molecule has 1 N–H and O–H groups in total. The molecule has 1 aliphatic heterocycles. The lowest BCUT2D eigenvalue weighted by atomic mass is 10.0. The van der Waals surface area contributed by atoms with E-state index in [1.807, 2.05) is 48.5 Å². The van der Waals surface area contributed by atoms with Crippen molar-refractivity contribution in [2.75, 3.05) is 46.1 Å². The zero-order valence-corrected chi connectivity index (χ0v) is 18.6. The van der Waals surface area contributed by atoms with Gasteiger partial charge in [-0.15, -0.1) is 0 Å². The van der Waals surface area contributed by atoms with Crippen molar-refractivity contribution in [2.24, 2.45) is 5.92 Å². The molecule has 1 saturated heterocycles. The quantitative estimate of drug-likeness (QED) is 0.556. The molecule has 1 heterocycles. The van der Waals surface area contributed by atoms with Gasteiger partial charge in [-0.1, -0.05) is 44.2 Å². The summed E-state index contributed by atoms with van der Waals surface area (Å²) in [4.78, 5) is 15.4. The van der Waals surface area contributed by atoms with Crippen LogP contribution in [0.15, 0.2) is 54.6 Å². The van der Waals surface area contributed by atoms with Gasteiger partial charge in [0.25, 0.3) is 5.91 Å². The van der Waals surface area contributed by atoms with E-state index in [9.17, 15) is 4.79 Å². The van der Waals surface area contributed by atoms with Gasteiger partial charge in [0, 0.05) is 25.7 Å². The molecule has 6 nitrogen and oxygen atoms in total. The lowest BCUT2D eigenvalue weighted by Gasteiger charge is -2.35. The molecule has 1 atom stereocenters. The van der Waals surface area contributed by atoms with Crippen molar-refractivity contribution in [2.45, 2.75) is 26.3 Å². The van der Waals surface area contributed by atoms with Gasteiger partial charge in [-0.2, -0.15) is 0 Å². The Morgan fingerprint density at radius 1 is 1.00 bits per heavy atom. The first-order valence-electron chi connectivity index (χ1n) is 11.1. The molecule has 2 aromatic carbocycles. The minimum absolute atomic E-state index is 0.110. The van der Waals surface area contributed by atoms with Crippen molar-refractivity contribution in [3.63, 3.8) is 0 Å². The second kappa shape index (κ2) is 12.3. The largest absolute Gasteiger partial charge is 0.490 e. The van der Waals surface area contributed by atoms with Crippen LogP contribution in [0.4, 0.5) is 0 Å². The van der Waals surface area contributed by atoms with Gasteiger partial charge in [0.2, 0.25) is 0 Å². The number of carbonyl (C=O) groups is 1. The number of benzene rings is 2. The first-order valence-corrected chi connectivity index (χ1v) is 11.1. The summed E-state index contributed by atoms with van der Waals surface area (Å²) >= 11 is 0. The van der Waals surface area contributed by atoms with E-state index >= 15 is 0 Å². The van der Waals surface area contributed by atoms with Crippen LogP contribution in [0, 0.1) is 5.92 Å². The highest BCUT2D eigenvalue weighted by molar-refractivity contribution is 5.96. The van der Waals surface area contributed by atoms with E-state index in [1.54, 1.807) is 6.07 Å². The molecule has 6 heteroatoms. The average molecular weight is 427 g/mol. The normalized spacial score (nSPS) is 15.5. The molecule has 1 unspecified atom stereocenters. The Bertz CT molecular complexity index is 791. The average Bonchev–Trinajstić information content (AvgIpc) is 2.80. The first-order chi connectivity index (χ1) is 15.1. The molecule has 0 aliphatic carbocycles. The fourth-order valence-electron chi connectivity index (χ4n) is 3.76. The number of hydrogen-bond donors (Lipinski definition) is 1. The van der Waals surface area contributed by atoms with Crippen LogP contribution in [0.3, 0.4) is 0 Å². The topological polar surface area (TPSA) is 60.0 Å². The zero-order chi connectivity index (χ0) is 21.9. The maximum absolute atomic E-state index is 12.9. The molecular formula is C25H34N2O4. The fourth-order valence-corrected chi connectivity index (χ4v) is 3.76. The third-order valence-corrected chi connectivity index (χ3v) is 5.29. The Balaban J connectivity index is 1.53. The molecule has 0 radical (unpaired) electrons. The Labute approximate surface area is 185 Å². The molecule has 0 saturated carbocycles. The Hall–Kier alpha value is -2.57. The number of morpholine rings is 1. The van der Waals surface area contributed by atoms with Crippen LogP contribution < -0.4 is 14.8 Å². The Morgan fingerprint density at radius 2 is 1.68 bits per heavy atom. The Kier molecular flexibility index (Phi) is 9.18. The summed E-state index contributed by atoms with van der Waals surface area (Å²) in [5.74, 6) is 1.83. The smallest absolute Gasteiger partial charge is 0.255 e. The highest BCUT2D eigenvalue weighted by atomic mass is 16.5. The molecule has 0 spiro atoms. The number of para-hydroxylation sites is 2. The molecule has 31 heavy (non-hydrogen) atoms. The van der Waals surface area contributed by atoms with Crippen LogP contribution in [-0.4, -0.2) is 62.9 Å². The van der Waals surface area contributed by atoms with Crippen molar-refractivity contribution in [3.05, 3.63) is 60.2 Å². The van der Waals surface area contributed by atoms with Gasteiger partial charge in [0.05, 0.1) is 18.8 Å². The summed E-state index contributed by atoms with van der Waals surface area (Å²) in [5, 5.41) is 3.13. The molecular weight excluding hydrogens is 392 g/mol. The van der Waals surface area contributed by atoms with Gasteiger partial charge in [-0.3, -0.25) is 9.69 Å². The van der Waals surface area contributed by atoms with Gasteiger partial charge in [-0.05, 0) is 36.6 Å². The van der Waals surface area contributed by atoms with Crippen molar-refractivity contribution >= 4 is 5.91 Å². The first kappa shape index (κ1) is 23.1. The number of ether oxygens (including phenoxy) is 3. The summed E-state index contributed by atoms with van der Waals surface area (Å²) in [6, 6.07) is 17.3. The van der Waals surface area contributed by atoms with Crippen LogP contribution in [-0.2, 0) is 4.74 Å². The van der Waals surface area contributed by atoms with Crippen LogP contribution in [0.25, 0.3) is 0 Å². The summed E-state index contributed by atoms with van der Waals surface area (Å²) < 4.78 is 17.0. The predicted molar refractivity (Wildman–Crippen MR) is 122 cm³/mol. The third kappa shape index (κ3) is 7.56. The van der Waals surface area contributed by atoms with Gasteiger partial charge in [-0.25, -0.2) is 0 Å². The van der Waals surface area contributed by atoms with E-state index < -0.39 is 0 Å². The molecule has 1 amide bonds. The van der Waals surface area contributed by atoms with Crippen molar-refractivity contribution in [3.8, 4) is 11.5 Å². The van der Waals surface area contributed by atoms with Crippen LogP contribution in [0.5, 0.6) is 11.5 Å². The van der Waals surface area contributed by atoms with Crippen LogP contribution in [0.1, 0.15) is 30.6 Å². The molecule has 1 fully saturated rings. The third-order valence-electron chi connectivity index (χ3n) is 5.29. The Morgan fingerprint density at radius 3 is 2.42 bits per heavy atom. The second-order valence-electron chi connectivity index (χ2n) is 8.15. The number of nitrogens with zero attached hydrogens (tertiary/aromatic N) is 1. The van der Waals surface area contributed by atoms with E-state index in [0.717, 1.165) is 38.5 Å². The summed E-state index contributed by atoms with van der Waals surface area (Å²) in [6.45, 7) is 9.15. The number of rotatable bonds is 11. The summed E-state index contributed by atoms with van der Waals surface area (Å²) in [5.41, 5.74) is 0.549. The summed E-state index contributed by atoms with van der Waals surface area (Å²) in [6.07, 6.45) is 1.04. The molecule has 3 rings (SSSR count). The van der Waals surface area contributed by atoms with E-state index in [0.29, 0.717) is 43.0 Å². The molecule has 168 valence electrons. The minimum Gasteiger partial charge on any atom is -0.490 e. The van der Waals surface area contributed by atoms with Crippen LogP contribution >= 0.6 is 0 Å². The molecule has 2 aromatic rings. The fraction of sp³-hybridized carbons (Fsp3) is 0.480. The highest BCUT2D eigenvalue weighted by Gasteiger charge is 2.23. The van der Waals surface area contributed by atoms with Crippen molar-refractivity contribution < 1.29 is 19.0 Å². The minimum atomic E-state index is -0.110. The number of carbonyl (C=O) groups excluding carboxylic acids is 1. The zero-order valence-electron chi connectivity index (χ0n) is 18.6. The van der Waals surface area contributed by atoms with Crippen LogP contribution in [0.2, 0.25) is 0 Å². The number of hydrogen-bond acceptors (Lipinski definition) is 5. The number of nitrogens with one attached hydrogen (secondary N) is 1. The van der Waals surface area contributed by atoms with Crippen molar-refractivity contribution in [1.82, 2.24) is 10.2 Å². The predicted octanol–water partition coefficient (Wildman–Crippen LogP) is 3.62. The molecule has 0 aromatic heterocycles. The lowest BCUT2D eigenvalue weighted by molar-refractivity contribution is 0.0124. The SMILES string of the molecule is CC(C)CC(CNC(=O)c1ccccc1OCCOc1ccccc1)N1CCOCC1. The van der Waals surface area contributed by atoms with E-state index in [4.69, 9.17) is 14.2 Å². The monoisotopic (exact) mass is 426 g/mol. The lowest BCUT2D eigenvalue weighted by Crippen LogP contribution is -2.49. The van der Waals surface area contributed by atoms with Gasteiger partial charge >= 0.3 is 0 Å². The summed E-state index contributed by atoms with van der Waals surface area (Å²) in [7, 11) is 0. The number of amides is 1. The van der Waals surface area contributed by atoms with Gasteiger partial charge < -0.3 is 19.5 Å². The standard InChI is InChI=1S/C25H34N2O4/c1-20(2)18-21(27-12-14-29-15-13-27)19-26-25(28)23-10-6-7-11-24(23)31-17-16-30-22-8-4-3-5-9-22/h3-11,20-21H,12-19H2,1-2H3,(H,26,28). The maximum atomic E-state index is 12.9. The van der Waals surface area contributed by atoms with E-state index in [1.165, 1.54) is 0 Å². The van der Waals surface area contributed by atoms with Crippen molar-refractivity contribution in [1.29, 1.82) is 0 Å². The molecule has 1 aliphatic rings. The maximum Gasteiger partial charge on any atom is 0.255 e.